The van der Waals surface area contributed by atoms with E-state index in [-0.39, 0.29) is 18.1 Å². The topological polar surface area (TPSA) is 52.6 Å². The lowest BCUT2D eigenvalue weighted by molar-refractivity contribution is -0.124. The number of hydrogen-bond donors (Lipinski definition) is 2. The lowest BCUT2D eigenvalue weighted by atomic mass is 9.99. The van der Waals surface area contributed by atoms with Crippen LogP contribution < -0.4 is 5.32 Å². The van der Waals surface area contributed by atoms with Gasteiger partial charge in [0.1, 0.15) is 0 Å². The molecular weight excluding hydrogens is 180 g/mol. The molecule has 1 aliphatic rings. The molecule has 0 aromatic carbocycles. The molecule has 1 saturated carbocycles. The van der Waals surface area contributed by atoms with E-state index in [1.165, 1.54) is 0 Å². The molecule has 1 fully saturated rings. The van der Waals surface area contributed by atoms with Crippen LogP contribution in [0.5, 0.6) is 0 Å². The Balaban J connectivity index is 2.44. The van der Waals surface area contributed by atoms with Crippen molar-refractivity contribution in [2.45, 2.75) is 31.2 Å². The Morgan fingerprint density at radius 1 is 1.43 bits per heavy atom. The second kappa shape index (κ2) is 4.75. The first-order valence-corrected chi connectivity index (χ1v) is 5.15. The van der Waals surface area contributed by atoms with Crippen molar-refractivity contribution in [2.24, 2.45) is 0 Å². The number of amides is 1. The summed E-state index contributed by atoms with van der Waals surface area (Å²) < 4.78 is 0. The minimum Gasteiger partial charge on any atom is -0.394 e. The molecule has 0 heterocycles. The third-order valence-electron chi connectivity index (χ3n) is 2.73. The van der Waals surface area contributed by atoms with Gasteiger partial charge in [-0.2, -0.15) is 0 Å². The van der Waals surface area contributed by atoms with Crippen molar-refractivity contribution in [1.82, 2.24) is 10.2 Å². The fourth-order valence-electron chi connectivity index (χ4n) is 2.00. The smallest absolute Gasteiger partial charge is 0.234 e. The number of hydrogen-bond acceptors (Lipinski definition) is 3. The molecule has 1 amide bonds. The van der Waals surface area contributed by atoms with Gasteiger partial charge in [0.15, 0.2) is 0 Å². The zero-order chi connectivity index (χ0) is 10.6. The molecular formula is C10H20N2O2. The van der Waals surface area contributed by atoms with Crippen LogP contribution in [0.1, 0.15) is 25.7 Å². The molecule has 14 heavy (non-hydrogen) atoms. The summed E-state index contributed by atoms with van der Waals surface area (Å²) in [5, 5.41) is 12.2. The Hall–Kier alpha value is -0.610. The number of carbonyl (C=O) groups excluding carboxylic acids is 1. The largest absolute Gasteiger partial charge is 0.394 e. The van der Waals surface area contributed by atoms with Gasteiger partial charge in [0.05, 0.1) is 18.7 Å². The van der Waals surface area contributed by atoms with Crippen molar-refractivity contribution in [2.75, 3.05) is 27.2 Å². The monoisotopic (exact) mass is 200 g/mol. The van der Waals surface area contributed by atoms with Gasteiger partial charge >= 0.3 is 0 Å². The summed E-state index contributed by atoms with van der Waals surface area (Å²) in [6.07, 6.45) is 4.01. The van der Waals surface area contributed by atoms with Gasteiger partial charge in [-0.05, 0) is 26.9 Å². The highest BCUT2D eigenvalue weighted by Gasteiger charge is 2.34. The van der Waals surface area contributed by atoms with E-state index in [9.17, 15) is 9.90 Å². The summed E-state index contributed by atoms with van der Waals surface area (Å²) in [6, 6.07) is 0. The number of aliphatic hydroxyl groups is 1. The zero-order valence-corrected chi connectivity index (χ0v) is 9.05. The summed E-state index contributed by atoms with van der Waals surface area (Å²) >= 11 is 0. The second-order valence-corrected chi connectivity index (χ2v) is 4.43. The number of likely N-dealkylation sites (N-methyl/N-ethyl adjacent to an activating group) is 1. The first-order valence-electron chi connectivity index (χ1n) is 5.15. The number of nitrogens with zero attached hydrogens (tertiary/aromatic N) is 1. The van der Waals surface area contributed by atoms with Crippen molar-refractivity contribution in [1.29, 1.82) is 0 Å². The lowest BCUT2D eigenvalue weighted by Crippen LogP contribution is -2.51. The van der Waals surface area contributed by atoms with Gasteiger partial charge < -0.3 is 15.3 Å². The summed E-state index contributed by atoms with van der Waals surface area (Å²) in [5.41, 5.74) is -0.326. The maximum absolute atomic E-state index is 11.5. The Morgan fingerprint density at radius 2 is 2.00 bits per heavy atom. The van der Waals surface area contributed by atoms with Crippen LogP contribution >= 0.6 is 0 Å². The SMILES string of the molecule is CN(C)CC(=O)NC1(CO)CCCC1. The molecule has 4 nitrogen and oxygen atoms in total. The molecule has 0 bridgehead atoms. The van der Waals surface area contributed by atoms with E-state index < -0.39 is 0 Å². The van der Waals surface area contributed by atoms with Gasteiger partial charge in [-0.25, -0.2) is 0 Å². The van der Waals surface area contributed by atoms with Crippen LogP contribution in [0.3, 0.4) is 0 Å². The average Bonchev–Trinajstić information content (AvgIpc) is 2.52. The predicted octanol–water partition coefficient (Wildman–Crippen LogP) is -0.0307. The lowest BCUT2D eigenvalue weighted by Gasteiger charge is -2.28. The highest BCUT2D eigenvalue weighted by atomic mass is 16.3. The third kappa shape index (κ3) is 2.96. The Kier molecular flexibility index (Phi) is 3.89. The van der Waals surface area contributed by atoms with Gasteiger partial charge in [-0.3, -0.25) is 4.79 Å². The van der Waals surface area contributed by atoms with E-state index in [0.29, 0.717) is 6.54 Å². The molecule has 0 aliphatic heterocycles. The normalized spacial score (nSPS) is 20.0. The molecule has 1 aliphatic carbocycles. The van der Waals surface area contributed by atoms with Crippen LogP contribution in [0, 0.1) is 0 Å². The number of aliphatic hydroxyl groups excluding tert-OH is 1. The molecule has 0 atom stereocenters. The van der Waals surface area contributed by atoms with E-state index >= 15 is 0 Å². The van der Waals surface area contributed by atoms with Crippen molar-refractivity contribution >= 4 is 5.91 Å². The van der Waals surface area contributed by atoms with Crippen LogP contribution in [0.4, 0.5) is 0 Å². The predicted molar refractivity (Wildman–Crippen MR) is 55.0 cm³/mol. The Labute approximate surface area is 85.3 Å². The zero-order valence-electron chi connectivity index (χ0n) is 9.05. The second-order valence-electron chi connectivity index (χ2n) is 4.43. The van der Waals surface area contributed by atoms with Gasteiger partial charge in [0.25, 0.3) is 0 Å². The Bertz CT molecular complexity index is 198. The maximum atomic E-state index is 11.5. The van der Waals surface area contributed by atoms with Gasteiger partial charge in [-0.15, -0.1) is 0 Å². The average molecular weight is 200 g/mol. The molecule has 4 heteroatoms. The first-order chi connectivity index (χ1) is 6.58. The van der Waals surface area contributed by atoms with Gasteiger partial charge in [0.2, 0.25) is 5.91 Å². The Morgan fingerprint density at radius 3 is 2.43 bits per heavy atom. The van der Waals surface area contributed by atoms with E-state index in [2.05, 4.69) is 5.32 Å². The van der Waals surface area contributed by atoms with E-state index in [0.717, 1.165) is 25.7 Å². The van der Waals surface area contributed by atoms with Gasteiger partial charge in [0, 0.05) is 0 Å². The van der Waals surface area contributed by atoms with E-state index in [4.69, 9.17) is 0 Å². The third-order valence-corrected chi connectivity index (χ3v) is 2.73. The molecule has 1 rings (SSSR count). The van der Waals surface area contributed by atoms with Crippen molar-refractivity contribution in [3.8, 4) is 0 Å². The van der Waals surface area contributed by atoms with Crippen LogP contribution in [0.2, 0.25) is 0 Å². The van der Waals surface area contributed by atoms with Gasteiger partial charge in [-0.1, -0.05) is 12.8 Å². The molecule has 0 aromatic rings. The molecule has 0 radical (unpaired) electrons. The van der Waals surface area contributed by atoms with Crippen LogP contribution in [-0.4, -0.2) is 48.7 Å². The highest BCUT2D eigenvalue weighted by molar-refractivity contribution is 5.78. The quantitative estimate of drug-likeness (QED) is 0.670. The summed E-state index contributed by atoms with van der Waals surface area (Å²) in [6.45, 7) is 0.452. The molecule has 2 N–H and O–H groups in total. The van der Waals surface area contributed by atoms with Crippen molar-refractivity contribution in [3.05, 3.63) is 0 Å². The minimum absolute atomic E-state index is 0.00551. The fraction of sp³-hybridized carbons (Fsp3) is 0.900. The molecule has 0 saturated heterocycles. The van der Waals surface area contributed by atoms with E-state index in [1.807, 2.05) is 19.0 Å². The molecule has 0 aromatic heterocycles. The van der Waals surface area contributed by atoms with Crippen LogP contribution in [0.15, 0.2) is 0 Å². The summed E-state index contributed by atoms with van der Waals surface area (Å²) in [4.78, 5) is 13.3. The molecule has 0 spiro atoms. The van der Waals surface area contributed by atoms with Crippen molar-refractivity contribution in [3.63, 3.8) is 0 Å². The molecule has 0 unspecified atom stereocenters. The van der Waals surface area contributed by atoms with E-state index in [1.54, 1.807) is 0 Å². The van der Waals surface area contributed by atoms with Crippen LogP contribution in [0.25, 0.3) is 0 Å². The number of carbonyl (C=O) groups is 1. The minimum atomic E-state index is -0.326. The molecule has 82 valence electrons. The summed E-state index contributed by atoms with van der Waals surface area (Å²) in [7, 11) is 3.72. The highest BCUT2D eigenvalue weighted by Crippen LogP contribution is 2.28. The van der Waals surface area contributed by atoms with Crippen LogP contribution in [-0.2, 0) is 4.79 Å². The first kappa shape index (κ1) is 11.5. The number of nitrogens with one attached hydrogen (secondary N) is 1. The number of rotatable bonds is 4. The fourth-order valence-corrected chi connectivity index (χ4v) is 2.00. The standard InChI is InChI=1S/C10H20N2O2/c1-12(2)7-9(14)11-10(8-13)5-3-4-6-10/h13H,3-8H2,1-2H3,(H,11,14). The van der Waals surface area contributed by atoms with Crippen molar-refractivity contribution < 1.29 is 9.90 Å². The maximum Gasteiger partial charge on any atom is 0.234 e. The summed E-state index contributed by atoms with van der Waals surface area (Å²) in [5.74, 6) is 0.00551.